The van der Waals surface area contributed by atoms with Gasteiger partial charge in [-0.3, -0.25) is 0 Å². The second-order valence-electron chi connectivity index (χ2n) is 8.46. The number of para-hydroxylation sites is 1. The third-order valence-electron chi connectivity index (χ3n) is 4.60. The van der Waals surface area contributed by atoms with E-state index < -0.39 is 39.9 Å². The molecule has 0 atom stereocenters. The quantitative estimate of drug-likeness (QED) is 0.500. The summed E-state index contributed by atoms with van der Waals surface area (Å²) in [6.07, 6.45) is -3.81. The Morgan fingerprint density at radius 1 is 1.12 bits per heavy atom. The summed E-state index contributed by atoms with van der Waals surface area (Å²) in [4.78, 5) is 3.79. The average molecular weight is 485 g/mol. The highest BCUT2D eigenvalue weighted by Gasteiger charge is 2.38. The number of fused-ring (bicyclic) bond motifs is 1. The summed E-state index contributed by atoms with van der Waals surface area (Å²) in [7, 11) is -3.78. The molecular formula is C22H24F4N4O2S. The van der Waals surface area contributed by atoms with E-state index in [0.717, 1.165) is 10.6 Å². The summed E-state index contributed by atoms with van der Waals surface area (Å²) in [6, 6.07) is 10.2. The molecule has 0 saturated heterocycles. The lowest BCUT2D eigenvalue weighted by Gasteiger charge is -2.20. The number of benzene rings is 2. The minimum atomic E-state index is -4.81. The highest BCUT2D eigenvalue weighted by atomic mass is 32.2. The van der Waals surface area contributed by atoms with Gasteiger partial charge in [-0.2, -0.15) is 13.2 Å². The van der Waals surface area contributed by atoms with E-state index in [1.165, 1.54) is 36.4 Å². The number of hydrogen-bond acceptors (Lipinski definition) is 4. The van der Waals surface area contributed by atoms with Gasteiger partial charge in [0.25, 0.3) is 0 Å². The number of allylic oxidation sites excluding steroid dienone is 1. The predicted molar refractivity (Wildman–Crippen MR) is 118 cm³/mol. The standard InChI is InChI=1S/C22H24F4N4O2S/c1-21(2,3)29-33(31,32)16-9-7-14(8-10-16)17-5-4-6-18-19(17)28-20(22(24,25)26)30(18)13-15(23)11-12-27/h4-11,29H,12-13,27H2,1-3H3/b15-11-. The van der Waals surface area contributed by atoms with Crippen molar-refractivity contribution < 1.29 is 26.0 Å². The molecule has 0 spiro atoms. The van der Waals surface area contributed by atoms with Crippen LogP contribution < -0.4 is 10.5 Å². The fourth-order valence-electron chi connectivity index (χ4n) is 3.38. The van der Waals surface area contributed by atoms with Crippen molar-refractivity contribution in [3.63, 3.8) is 0 Å². The van der Waals surface area contributed by atoms with Crippen LogP contribution in [0.25, 0.3) is 22.2 Å². The van der Waals surface area contributed by atoms with Crippen molar-refractivity contribution in [1.29, 1.82) is 0 Å². The monoisotopic (exact) mass is 484 g/mol. The van der Waals surface area contributed by atoms with Crippen LogP contribution >= 0.6 is 0 Å². The average Bonchev–Trinajstić information content (AvgIpc) is 3.05. The molecule has 2 aromatic carbocycles. The van der Waals surface area contributed by atoms with Gasteiger partial charge in [-0.05, 0) is 50.6 Å². The van der Waals surface area contributed by atoms with Crippen LogP contribution in [0.4, 0.5) is 17.6 Å². The Hall–Kier alpha value is -2.76. The third-order valence-corrected chi connectivity index (χ3v) is 6.37. The van der Waals surface area contributed by atoms with Gasteiger partial charge in [0.05, 0.1) is 22.5 Å². The normalized spacial score (nSPS) is 13.6. The lowest BCUT2D eigenvalue weighted by molar-refractivity contribution is -0.146. The van der Waals surface area contributed by atoms with E-state index in [0.29, 0.717) is 11.1 Å². The van der Waals surface area contributed by atoms with Crippen LogP contribution in [-0.2, 0) is 22.7 Å². The Balaban J connectivity index is 2.11. The van der Waals surface area contributed by atoms with Crippen LogP contribution in [0, 0.1) is 0 Å². The molecule has 33 heavy (non-hydrogen) atoms. The predicted octanol–water partition coefficient (Wildman–Crippen LogP) is 4.61. The number of rotatable bonds is 6. The summed E-state index contributed by atoms with van der Waals surface area (Å²) in [5.74, 6) is -2.05. The summed E-state index contributed by atoms with van der Waals surface area (Å²) >= 11 is 0. The summed E-state index contributed by atoms with van der Waals surface area (Å²) in [5.41, 5.74) is 5.51. The molecule has 11 heteroatoms. The number of nitrogens with one attached hydrogen (secondary N) is 1. The highest BCUT2D eigenvalue weighted by molar-refractivity contribution is 7.89. The van der Waals surface area contributed by atoms with Crippen LogP contribution in [0.2, 0.25) is 0 Å². The number of halogens is 4. The highest BCUT2D eigenvalue weighted by Crippen LogP contribution is 2.36. The van der Waals surface area contributed by atoms with Gasteiger partial charge >= 0.3 is 6.18 Å². The molecule has 0 saturated carbocycles. The fourth-order valence-corrected chi connectivity index (χ4v) is 4.79. The van der Waals surface area contributed by atoms with Gasteiger partial charge in [0, 0.05) is 17.6 Å². The molecule has 3 rings (SSSR count). The Labute approximate surface area is 189 Å². The zero-order valence-electron chi connectivity index (χ0n) is 18.2. The number of alkyl halides is 3. The molecule has 0 aliphatic rings. The number of nitrogens with two attached hydrogens (primary N) is 1. The molecule has 0 fully saturated rings. The molecule has 3 N–H and O–H groups in total. The summed E-state index contributed by atoms with van der Waals surface area (Å²) < 4.78 is 83.4. The number of hydrogen-bond donors (Lipinski definition) is 2. The lowest BCUT2D eigenvalue weighted by Crippen LogP contribution is -2.40. The van der Waals surface area contributed by atoms with Crippen molar-refractivity contribution in [2.45, 2.75) is 43.9 Å². The molecule has 0 radical (unpaired) electrons. The fraction of sp³-hybridized carbons (Fsp3) is 0.318. The second-order valence-corrected chi connectivity index (χ2v) is 10.1. The maximum Gasteiger partial charge on any atom is 0.449 e. The number of imidazole rings is 1. The topological polar surface area (TPSA) is 90.0 Å². The third kappa shape index (κ3) is 5.60. The van der Waals surface area contributed by atoms with Crippen molar-refractivity contribution in [2.24, 2.45) is 5.73 Å². The first-order valence-corrected chi connectivity index (χ1v) is 11.5. The van der Waals surface area contributed by atoms with Gasteiger partial charge in [-0.15, -0.1) is 0 Å². The van der Waals surface area contributed by atoms with Crippen molar-refractivity contribution in [2.75, 3.05) is 6.54 Å². The van der Waals surface area contributed by atoms with Crippen molar-refractivity contribution in [3.8, 4) is 11.1 Å². The molecule has 3 aromatic rings. The zero-order valence-corrected chi connectivity index (χ0v) is 19.1. The summed E-state index contributed by atoms with van der Waals surface area (Å²) in [6.45, 7) is 4.31. The number of nitrogens with zero attached hydrogens (tertiary/aromatic N) is 2. The molecule has 1 aromatic heterocycles. The molecule has 0 aliphatic carbocycles. The largest absolute Gasteiger partial charge is 0.449 e. The minimum Gasteiger partial charge on any atom is -0.327 e. The van der Waals surface area contributed by atoms with Crippen LogP contribution in [0.1, 0.15) is 26.6 Å². The van der Waals surface area contributed by atoms with E-state index in [1.54, 1.807) is 26.8 Å². The molecule has 0 bridgehead atoms. The summed E-state index contributed by atoms with van der Waals surface area (Å²) in [5, 5.41) is 0. The number of sulfonamides is 1. The Bertz CT molecular complexity index is 1290. The number of aromatic nitrogens is 2. The second kappa shape index (κ2) is 8.88. The van der Waals surface area contributed by atoms with E-state index in [2.05, 4.69) is 9.71 Å². The molecule has 1 heterocycles. The van der Waals surface area contributed by atoms with Crippen LogP contribution in [0.5, 0.6) is 0 Å². The van der Waals surface area contributed by atoms with Crippen molar-refractivity contribution in [1.82, 2.24) is 14.3 Å². The molecular weight excluding hydrogens is 460 g/mol. The molecule has 0 aliphatic heterocycles. The van der Waals surface area contributed by atoms with Crippen molar-refractivity contribution in [3.05, 3.63) is 60.2 Å². The van der Waals surface area contributed by atoms with E-state index >= 15 is 0 Å². The first-order chi connectivity index (χ1) is 15.2. The van der Waals surface area contributed by atoms with Gasteiger partial charge in [0.2, 0.25) is 15.8 Å². The van der Waals surface area contributed by atoms with Crippen LogP contribution in [0.15, 0.2) is 59.3 Å². The minimum absolute atomic E-state index is 0.0175. The smallest absolute Gasteiger partial charge is 0.327 e. The van der Waals surface area contributed by atoms with Gasteiger partial charge in [0.15, 0.2) is 0 Å². The van der Waals surface area contributed by atoms with Crippen LogP contribution in [0.3, 0.4) is 0 Å². The van der Waals surface area contributed by atoms with Gasteiger partial charge in [0.1, 0.15) is 5.83 Å². The van der Waals surface area contributed by atoms with Gasteiger partial charge in [-0.1, -0.05) is 24.3 Å². The Kier molecular flexibility index (Phi) is 6.69. The maximum absolute atomic E-state index is 14.1. The Morgan fingerprint density at radius 3 is 2.30 bits per heavy atom. The molecule has 0 amide bonds. The van der Waals surface area contributed by atoms with Crippen molar-refractivity contribution >= 4 is 21.1 Å². The maximum atomic E-state index is 14.1. The van der Waals surface area contributed by atoms with Gasteiger partial charge in [-0.25, -0.2) is 22.5 Å². The van der Waals surface area contributed by atoms with Gasteiger partial charge < -0.3 is 10.3 Å². The van der Waals surface area contributed by atoms with Crippen LogP contribution in [-0.4, -0.2) is 30.1 Å². The van der Waals surface area contributed by atoms with E-state index in [9.17, 15) is 26.0 Å². The van der Waals surface area contributed by atoms with E-state index in [1.807, 2.05) is 0 Å². The molecule has 6 nitrogen and oxygen atoms in total. The van der Waals surface area contributed by atoms with E-state index in [-0.39, 0.29) is 22.5 Å². The first kappa shape index (κ1) is 24.9. The molecule has 0 unspecified atom stereocenters. The first-order valence-electron chi connectivity index (χ1n) is 9.98. The Morgan fingerprint density at radius 2 is 1.76 bits per heavy atom. The SMILES string of the molecule is CC(C)(C)NS(=O)(=O)c1ccc(-c2cccc3c2nc(C(F)(F)F)n3C/C(F)=C/CN)cc1. The lowest BCUT2D eigenvalue weighted by atomic mass is 10.0. The zero-order chi connectivity index (χ0) is 24.6. The molecule has 178 valence electrons. The van der Waals surface area contributed by atoms with E-state index in [4.69, 9.17) is 5.73 Å².